The first kappa shape index (κ1) is 26.7. The van der Waals surface area contributed by atoms with E-state index in [0.29, 0.717) is 13.2 Å². The van der Waals surface area contributed by atoms with Gasteiger partial charge in [-0.15, -0.1) is 0 Å². The number of amides is 1. The van der Waals surface area contributed by atoms with E-state index in [0.717, 1.165) is 25.2 Å². The zero-order valence-electron chi connectivity index (χ0n) is 20.6. The molecule has 0 fully saturated rings. The third kappa shape index (κ3) is 9.06. The van der Waals surface area contributed by atoms with Crippen molar-refractivity contribution >= 4 is 11.9 Å². The number of carbonyl (C=O) groups is 2. The van der Waals surface area contributed by atoms with Gasteiger partial charge < -0.3 is 29.7 Å². The predicted molar refractivity (Wildman–Crippen MR) is 127 cm³/mol. The van der Waals surface area contributed by atoms with Crippen LogP contribution in [0.4, 0.5) is 0 Å². The van der Waals surface area contributed by atoms with Gasteiger partial charge in [-0.1, -0.05) is 30.3 Å². The maximum atomic E-state index is 13.0. The SMILES string of the molecule is CC(C)OCC(C)(COC(=O)C(C)(C)OCc1ccccc1)C(=O)NCCCN1C=CNC1. The van der Waals surface area contributed by atoms with Crippen LogP contribution in [0.15, 0.2) is 42.7 Å². The third-order valence-electron chi connectivity index (χ3n) is 5.34. The highest BCUT2D eigenvalue weighted by Crippen LogP contribution is 2.22. The Labute approximate surface area is 197 Å². The minimum atomic E-state index is -1.15. The minimum Gasteiger partial charge on any atom is -0.462 e. The van der Waals surface area contributed by atoms with E-state index in [9.17, 15) is 9.59 Å². The van der Waals surface area contributed by atoms with Gasteiger partial charge in [-0.05, 0) is 46.6 Å². The predicted octanol–water partition coefficient (Wildman–Crippen LogP) is 2.80. The van der Waals surface area contributed by atoms with Crippen molar-refractivity contribution in [3.05, 3.63) is 48.3 Å². The number of hydrogen-bond acceptors (Lipinski definition) is 7. The van der Waals surface area contributed by atoms with Crippen LogP contribution in [0.2, 0.25) is 0 Å². The molecule has 1 aliphatic heterocycles. The highest BCUT2D eigenvalue weighted by Gasteiger charge is 2.38. The van der Waals surface area contributed by atoms with Gasteiger partial charge in [0.15, 0.2) is 5.60 Å². The van der Waals surface area contributed by atoms with Crippen LogP contribution in [-0.4, -0.2) is 61.5 Å². The third-order valence-corrected chi connectivity index (χ3v) is 5.34. The fourth-order valence-electron chi connectivity index (χ4n) is 3.05. The Hall–Kier alpha value is -2.58. The Morgan fingerprint density at radius 2 is 1.88 bits per heavy atom. The molecule has 1 amide bonds. The number of esters is 1. The van der Waals surface area contributed by atoms with E-state index in [1.54, 1.807) is 20.8 Å². The van der Waals surface area contributed by atoms with Gasteiger partial charge >= 0.3 is 5.97 Å². The highest BCUT2D eigenvalue weighted by molar-refractivity contribution is 5.83. The number of benzene rings is 1. The molecule has 1 heterocycles. The second-order valence-electron chi connectivity index (χ2n) is 9.38. The van der Waals surface area contributed by atoms with Gasteiger partial charge in [0.05, 0.1) is 26.0 Å². The van der Waals surface area contributed by atoms with Crippen LogP contribution in [0.1, 0.15) is 46.6 Å². The van der Waals surface area contributed by atoms with Crippen LogP contribution in [-0.2, 0) is 30.4 Å². The molecule has 1 aromatic carbocycles. The van der Waals surface area contributed by atoms with E-state index >= 15 is 0 Å². The quantitative estimate of drug-likeness (QED) is 0.325. The molecule has 33 heavy (non-hydrogen) atoms. The van der Waals surface area contributed by atoms with E-state index in [4.69, 9.17) is 14.2 Å². The summed E-state index contributed by atoms with van der Waals surface area (Å²) in [6, 6.07) is 9.63. The van der Waals surface area contributed by atoms with E-state index < -0.39 is 17.0 Å². The molecule has 0 saturated carbocycles. The van der Waals surface area contributed by atoms with Crippen LogP contribution < -0.4 is 10.6 Å². The molecule has 184 valence electrons. The van der Waals surface area contributed by atoms with Gasteiger partial charge in [0, 0.05) is 25.5 Å². The number of nitrogens with one attached hydrogen (secondary N) is 2. The summed E-state index contributed by atoms with van der Waals surface area (Å²) in [4.78, 5) is 27.9. The summed E-state index contributed by atoms with van der Waals surface area (Å²) >= 11 is 0. The average Bonchev–Trinajstić information content (AvgIpc) is 3.31. The molecule has 0 spiro atoms. The van der Waals surface area contributed by atoms with E-state index in [2.05, 4.69) is 15.5 Å². The minimum absolute atomic E-state index is 0.0482. The van der Waals surface area contributed by atoms with Crippen LogP contribution in [0.3, 0.4) is 0 Å². The Bertz CT molecular complexity index is 782. The molecule has 2 rings (SSSR count). The second-order valence-corrected chi connectivity index (χ2v) is 9.38. The van der Waals surface area contributed by atoms with Crippen LogP contribution in [0.5, 0.6) is 0 Å². The largest absolute Gasteiger partial charge is 0.462 e. The summed E-state index contributed by atoms with van der Waals surface area (Å²) in [6.45, 7) is 11.4. The number of carbonyl (C=O) groups excluding carboxylic acids is 2. The lowest BCUT2D eigenvalue weighted by Gasteiger charge is -2.31. The fraction of sp³-hybridized carbons (Fsp3) is 0.600. The van der Waals surface area contributed by atoms with Crippen LogP contribution in [0, 0.1) is 5.41 Å². The molecule has 1 atom stereocenters. The maximum Gasteiger partial charge on any atom is 0.337 e. The standard InChI is InChI=1S/C25H39N3O5/c1-20(2)31-17-25(5,22(29)27-12-9-14-28-15-13-26-19-28)18-32-23(30)24(3,4)33-16-21-10-7-6-8-11-21/h6-8,10-11,13,15,20,26H,9,12,14,16-19H2,1-5H3,(H,27,29). The first-order chi connectivity index (χ1) is 15.6. The lowest BCUT2D eigenvalue weighted by molar-refractivity contribution is -0.175. The highest BCUT2D eigenvalue weighted by atomic mass is 16.6. The molecule has 8 heteroatoms. The molecular weight excluding hydrogens is 422 g/mol. The van der Waals surface area contributed by atoms with Crippen molar-refractivity contribution in [1.82, 2.24) is 15.5 Å². The fourth-order valence-corrected chi connectivity index (χ4v) is 3.05. The summed E-state index contributed by atoms with van der Waals surface area (Å²) in [5, 5.41) is 6.08. The maximum absolute atomic E-state index is 13.0. The van der Waals surface area contributed by atoms with Gasteiger partial charge in [-0.25, -0.2) is 4.79 Å². The van der Waals surface area contributed by atoms with E-state index in [1.165, 1.54) is 0 Å². The van der Waals surface area contributed by atoms with Crippen LogP contribution in [0.25, 0.3) is 0 Å². The average molecular weight is 462 g/mol. The zero-order valence-corrected chi connectivity index (χ0v) is 20.6. The van der Waals surface area contributed by atoms with Gasteiger partial charge in [0.1, 0.15) is 12.0 Å². The molecule has 1 aromatic rings. The van der Waals surface area contributed by atoms with Crippen molar-refractivity contribution in [3.63, 3.8) is 0 Å². The number of hydrogen-bond donors (Lipinski definition) is 2. The Kier molecular flexibility index (Phi) is 10.2. The Balaban J connectivity index is 1.87. The van der Waals surface area contributed by atoms with E-state index in [-0.39, 0.29) is 25.2 Å². The van der Waals surface area contributed by atoms with Gasteiger partial charge in [-0.2, -0.15) is 0 Å². The van der Waals surface area contributed by atoms with Crippen molar-refractivity contribution in [2.45, 2.75) is 59.4 Å². The second kappa shape index (κ2) is 12.6. The summed E-state index contributed by atoms with van der Waals surface area (Å²) in [5.41, 5.74) is -1.19. The zero-order chi connectivity index (χ0) is 24.3. The number of ether oxygens (including phenoxy) is 3. The smallest absolute Gasteiger partial charge is 0.337 e. The molecule has 2 N–H and O–H groups in total. The lowest BCUT2D eigenvalue weighted by atomic mass is 9.91. The van der Waals surface area contributed by atoms with Crippen molar-refractivity contribution in [3.8, 4) is 0 Å². The van der Waals surface area contributed by atoms with E-state index in [1.807, 2.05) is 56.6 Å². The molecule has 0 aromatic heterocycles. The van der Waals surface area contributed by atoms with Gasteiger partial charge in [-0.3, -0.25) is 4.79 Å². The Morgan fingerprint density at radius 1 is 1.15 bits per heavy atom. The molecule has 0 bridgehead atoms. The number of rotatable bonds is 14. The molecular formula is C25H39N3O5. The molecule has 0 saturated heterocycles. The summed E-state index contributed by atoms with van der Waals surface area (Å²) < 4.78 is 17.1. The van der Waals surface area contributed by atoms with Crippen molar-refractivity contribution in [2.24, 2.45) is 5.41 Å². The lowest BCUT2D eigenvalue weighted by Crippen LogP contribution is -2.48. The number of nitrogens with zero attached hydrogens (tertiary/aromatic N) is 1. The van der Waals surface area contributed by atoms with Gasteiger partial charge in [0.2, 0.25) is 5.91 Å². The monoisotopic (exact) mass is 461 g/mol. The molecule has 0 aliphatic carbocycles. The molecule has 0 radical (unpaired) electrons. The first-order valence-corrected chi connectivity index (χ1v) is 11.5. The van der Waals surface area contributed by atoms with Crippen molar-refractivity contribution in [2.75, 3.05) is 33.0 Å². The van der Waals surface area contributed by atoms with Gasteiger partial charge in [0.25, 0.3) is 0 Å². The summed E-state index contributed by atoms with van der Waals surface area (Å²) in [5.74, 6) is -0.718. The summed E-state index contributed by atoms with van der Waals surface area (Å²) in [6.07, 6.45) is 4.65. The topological polar surface area (TPSA) is 89.1 Å². The normalized spacial score (nSPS) is 15.3. The van der Waals surface area contributed by atoms with Crippen molar-refractivity contribution < 1.29 is 23.8 Å². The van der Waals surface area contributed by atoms with Crippen molar-refractivity contribution in [1.29, 1.82) is 0 Å². The molecule has 8 nitrogen and oxygen atoms in total. The molecule has 1 unspecified atom stereocenters. The molecule has 1 aliphatic rings. The Morgan fingerprint density at radius 3 is 2.52 bits per heavy atom. The first-order valence-electron chi connectivity index (χ1n) is 11.5. The summed E-state index contributed by atoms with van der Waals surface area (Å²) in [7, 11) is 0. The van der Waals surface area contributed by atoms with Crippen LogP contribution >= 0.6 is 0 Å².